The van der Waals surface area contributed by atoms with Gasteiger partial charge in [0.05, 0.1) is 5.92 Å². The molecule has 0 spiro atoms. The van der Waals surface area contributed by atoms with Crippen LogP contribution in [0.3, 0.4) is 0 Å². The number of nitrogens with zero attached hydrogens (tertiary/aromatic N) is 1. The van der Waals surface area contributed by atoms with Gasteiger partial charge in [0.1, 0.15) is 0 Å². The summed E-state index contributed by atoms with van der Waals surface area (Å²) in [4.78, 5) is 27.0. The highest BCUT2D eigenvalue weighted by molar-refractivity contribution is 5.89. The summed E-state index contributed by atoms with van der Waals surface area (Å²) in [6.07, 6.45) is 8.57. The van der Waals surface area contributed by atoms with Gasteiger partial charge in [0.15, 0.2) is 0 Å². The molecule has 1 aromatic rings. The molecule has 4 bridgehead atoms. The number of carbonyl (C=O) groups is 2. The number of nitrogens with one attached hydrogen (secondary N) is 1. The third-order valence-corrected chi connectivity index (χ3v) is 7.60. The summed E-state index contributed by atoms with van der Waals surface area (Å²) in [6, 6.07) is 10.0. The van der Waals surface area contributed by atoms with E-state index in [9.17, 15) is 9.59 Å². The van der Waals surface area contributed by atoms with E-state index in [1.54, 1.807) is 0 Å². The Labute approximate surface area is 161 Å². The molecule has 0 radical (unpaired) electrons. The maximum absolute atomic E-state index is 12.8. The monoisotopic (exact) mass is 366 g/mol. The Balaban J connectivity index is 1.17. The predicted molar refractivity (Wildman–Crippen MR) is 104 cm³/mol. The molecule has 6 rings (SSSR count). The summed E-state index contributed by atoms with van der Waals surface area (Å²) in [5.41, 5.74) is 1.48. The van der Waals surface area contributed by atoms with Gasteiger partial charge in [-0.2, -0.15) is 0 Å². The SMILES string of the molecule is O=C(NCC12CC3CC(CC(C3)C1)C2)[C@H]1CC(=O)N(Cc2ccccc2)C1. The molecular weight excluding hydrogens is 336 g/mol. The van der Waals surface area contributed by atoms with Crippen LogP contribution in [-0.2, 0) is 16.1 Å². The van der Waals surface area contributed by atoms with Crippen LogP contribution in [0.2, 0.25) is 0 Å². The average molecular weight is 367 g/mol. The van der Waals surface area contributed by atoms with Crippen molar-refractivity contribution < 1.29 is 9.59 Å². The molecule has 1 N–H and O–H groups in total. The van der Waals surface area contributed by atoms with Crippen LogP contribution in [0.4, 0.5) is 0 Å². The zero-order chi connectivity index (χ0) is 18.4. The standard InChI is InChI=1S/C23H30N2O2/c26-21-9-20(14-25(21)13-16-4-2-1-3-5-16)22(27)24-15-23-10-17-6-18(11-23)8-19(7-17)12-23/h1-5,17-20H,6-15H2,(H,24,27)/t17?,18?,19?,20-,23?/m0/s1. The Morgan fingerprint density at radius 2 is 1.67 bits per heavy atom. The molecule has 4 nitrogen and oxygen atoms in total. The first kappa shape index (κ1) is 17.3. The molecule has 0 unspecified atom stereocenters. The average Bonchev–Trinajstić information content (AvgIpc) is 3.00. The molecular formula is C23H30N2O2. The van der Waals surface area contributed by atoms with Gasteiger partial charge < -0.3 is 10.2 Å². The molecule has 5 aliphatic rings. The fourth-order valence-electron chi connectivity index (χ4n) is 6.83. The van der Waals surface area contributed by atoms with E-state index in [2.05, 4.69) is 5.32 Å². The molecule has 4 aliphatic carbocycles. The lowest BCUT2D eigenvalue weighted by Crippen LogP contribution is -2.51. The largest absolute Gasteiger partial charge is 0.355 e. The Bertz CT molecular complexity index is 694. The van der Waals surface area contributed by atoms with Crippen LogP contribution in [0.15, 0.2) is 30.3 Å². The second-order valence-corrected chi connectivity index (χ2v) is 9.80. The second kappa shape index (κ2) is 6.65. The van der Waals surface area contributed by atoms with Gasteiger partial charge in [-0.05, 0) is 67.3 Å². The highest BCUT2D eigenvalue weighted by Gasteiger charge is 2.51. The first-order valence-electron chi connectivity index (χ1n) is 10.7. The minimum atomic E-state index is -0.185. The maximum atomic E-state index is 12.8. The highest BCUT2D eigenvalue weighted by atomic mass is 16.2. The number of likely N-dealkylation sites (tertiary alicyclic amines) is 1. The number of benzene rings is 1. The van der Waals surface area contributed by atoms with Gasteiger partial charge in [0.2, 0.25) is 11.8 Å². The van der Waals surface area contributed by atoms with Crippen molar-refractivity contribution >= 4 is 11.8 Å². The van der Waals surface area contributed by atoms with E-state index in [1.165, 1.54) is 38.5 Å². The molecule has 4 heteroatoms. The lowest BCUT2D eigenvalue weighted by Gasteiger charge is -2.57. The van der Waals surface area contributed by atoms with E-state index in [0.717, 1.165) is 29.9 Å². The van der Waals surface area contributed by atoms with Crippen molar-refractivity contribution in [3.05, 3.63) is 35.9 Å². The Morgan fingerprint density at radius 3 is 2.30 bits per heavy atom. The van der Waals surface area contributed by atoms with E-state index in [-0.39, 0.29) is 17.7 Å². The number of rotatable bonds is 5. The van der Waals surface area contributed by atoms with E-state index in [0.29, 0.717) is 24.9 Å². The topological polar surface area (TPSA) is 49.4 Å². The molecule has 1 heterocycles. The fraction of sp³-hybridized carbons (Fsp3) is 0.652. The molecule has 144 valence electrons. The van der Waals surface area contributed by atoms with Gasteiger partial charge in [-0.1, -0.05) is 30.3 Å². The zero-order valence-electron chi connectivity index (χ0n) is 16.0. The van der Waals surface area contributed by atoms with Crippen molar-refractivity contribution in [3.8, 4) is 0 Å². The van der Waals surface area contributed by atoms with Gasteiger partial charge in [-0.3, -0.25) is 9.59 Å². The van der Waals surface area contributed by atoms with Crippen LogP contribution in [-0.4, -0.2) is 29.8 Å². The minimum absolute atomic E-state index is 0.0923. The molecule has 1 aromatic carbocycles. The number of amides is 2. The normalized spacial score (nSPS) is 37.0. The van der Waals surface area contributed by atoms with E-state index < -0.39 is 0 Å². The maximum Gasteiger partial charge on any atom is 0.225 e. The molecule has 27 heavy (non-hydrogen) atoms. The molecule has 4 saturated carbocycles. The number of hydrogen-bond donors (Lipinski definition) is 1. The van der Waals surface area contributed by atoms with Crippen molar-refractivity contribution in [2.24, 2.45) is 29.1 Å². The van der Waals surface area contributed by atoms with Crippen molar-refractivity contribution in [2.75, 3.05) is 13.1 Å². The smallest absolute Gasteiger partial charge is 0.225 e. The predicted octanol–water partition coefficient (Wildman–Crippen LogP) is 3.37. The summed E-state index contributed by atoms with van der Waals surface area (Å²) >= 11 is 0. The van der Waals surface area contributed by atoms with Crippen LogP contribution >= 0.6 is 0 Å². The lowest BCUT2D eigenvalue weighted by molar-refractivity contribution is -0.129. The van der Waals surface area contributed by atoms with E-state index in [4.69, 9.17) is 0 Å². The van der Waals surface area contributed by atoms with Crippen LogP contribution in [0.5, 0.6) is 0 Å². The zero-order valence-corrected chi connectivity index (χ0v) is 16.0. The van der Waals surface area contributed by atoms with Crippen LogP contribution in [0, 0.1) is 29.1 Å². The van der Waals surface area contributed by atoms with Gasteiger partial charge in [-0.15, -0.1) is 0 Å². The number of hydrogen-bond acceptors (Lipinski definition) is 2. The van der Waals surface area contributed by atoms with Gasteiger partial charge in [0.25, 0.3) is 0 Å². The van der Waals surface area contributed by atoms with Gasteiger partial charge in [-0.25, -0.2) is 0 Å². The van der Waals surface area contributed by atoms with Crippen LogP contribution < -0.4 is 5.32 Å². The molecule has 1 aliphatic heterocycles. The number of carbonyl (C=O) groups excluding carboxylic acids is 2. The van der Waals surface area contributed by atoms with Crippen LogP contribution in [0.25, 0.3) is 0 Å². The molecule has 2 amide bonds. The third kappa shape index (κ3) is 3.39. The third-order valence-electron chi connectivity index (χ3n) is 7.60. The summed E-state index contributed by atoms with van der Waals surface area (Å²) < 4.78 is 0. The molecule has 1 atom stereocenters. The summed E-state index contributed by atoms with van der Waals surface area (Å²) in [7, 11) is 0. The first-order valence-corrected chi connectivity index (χ1v) is 10.7. The van der Waals surface area contributed by atoms with E-state index >= 15 is 0 Å². The highest BCUT2D eigenvalue weighted by Crippen LogP contribution is 2.59. The van der Waals surface area contributed by atoms with Gasteiger partial charge >= 0.3 is 0 Å². The minimum Gasteiger partial charge on any atom is -0.355 e. The van der Waals surface area contributed by atoms with Crippen molar-refractivity contribution in [1.29, 1.82) is 0 Å². The first-order chi connectivity index (χ1) is 13.1. The Kier molecular flexibility index (Phi) is 4.25. The molecule has 1 saturated heterocycles. The molecule has 0 aromatic heterocycles. The van der Waals surface area contributed by atoms with Crippen molar-refractivity contribution in [3.63, 3.8) is 0 Å². The quantitative estimate of drug-likeness (QED) is 0.869. The van der Waals surface area contributed by atoms with E-state index in [1.807, 2.05) is 35.2 Å². The summed E-state index contributed by atoms with van der Waals surface area (Å²) in [5, 5.41) is 3.27. The van der Waals surface area contributed by atoms with Crippen molar-refractivity contribution in [2.45, 2.75) is 51.5 Å². The van der Waals surface area contributed by atoms with Crippen LogP contribution in [0.1, 0.15) is 50.5 Å². The summed E-state index contributed by atoms with van der Waals surface area (Å²) in [6.45, 7) is 2.00. The van der Waals surface area contributed by atoms with Crippen molar-refractivity contribution in [1.82, 2.24) is 10.2 Å². The lowest BCUT2D eigenvalue weighted by atomic mass is 9.49. The fourth-order valence-corrected chi connectivity index (χ4v) is 6.83. The Hall–Kier alpha value is -1.84. The second-order valence-electron chi connectivity index (χ2n) is 9.80. The molecule has 5 fully saturated rings. The Morgan fingerprint density at radius 1 is 1.04 bits per heavy atom. The van der Waals surface area contributed by atoms with Gasteiger partial charge in [0, 0.05) is 26.1 Å². The summed E-state index contributed by atoms with van der Waals surface area (Å²) in [5.74, 6) is 2.73.